The first-order valence-electron chi connectivity index (χ1n) is 8.65. The molecule has 0 aromatic heterocycles. The lowest BCUT2D eigenvalue weighted by Gasteiger charge is -2.29. The van der Waals surface area contributed by atoms with Crippen molar-refractivity contribution in [3.8, 4) is 11.1 Å². The standard InChI is InChI=1S/C21H22FNO3/c1-21(2,3)13-20(25)26-23-18-10-6-15(12-16(18)7-11-19(23)24)14-4-8-17(22)9-5-14/h4-6,8-10,12H,7,11,13H2,1-3H3. The summed E-state index contributed by atoms with van der Waals surface area (Å²) in [7, 11) is 0. The number of anilines is 1. The largest absolute Gasteiger partial charge is 0.333 e. The van der Waals surface area contributed by atoms with Crippen molar-refractivity contribution in [2.75, 3.05) is 5.06 Å². The fraction of sp³-hybridized carbons (Fsp3) is 0.333. The number of hydrogen-bond acceptors (Lipinski definition) is 3. The van der Waals surface area contributed by atoms with E-state index in [1.54, 1.807) is 18.2 Å². The Kier molecular flexibility index (Phi) is 4.81. The molecule has 26 heavy (non-hydrogen) atoms. The number of rotatable bonds is 3. The maximum atomic E-state index is 13.1. The van der Waals surface area contributed by atoms with Crippen LogP contribution in [0.3, 0.4) is 0 Å². The van der Waals surface area contributed by atoms with Crippen molar-refractivity contribution in [1.29, 1.82) is 0 Å². The summed E-state index contributed by atoms with van der Waals surface area (Å²) in [6.07, 6.45) is 1.08. The molecule has 0 bridgehead atoms. The molecule has 5 heteroatoms. The van der Waals surface area contributed by atoms with Gasteiger partial charge in [-0.2, -0.15) is 0 Å². The summed E-state index contributed by atoms with van der Waals surface area (Å²) in [5.41, 5.74) is 3.12. The van der Waals surface area contributed by atoms with Crippen molar-refractivity contribution < 1.29 is 18.8 Å². The van der Waals surface area contributed by atoms with E-state index in [4.69, 9.17) is 4.84 Å². The molecular weight excluding hydrogens is 333 g/mol. The van der Waals surface area contributed by atoms with Gasteiger partial charge < -0.3 is 4.84 Å². The second-order valence-electron chi connectivity index (χ2n) is 7.74. The molecule has 2 aromatic rings. The Labute approximate surface area is 152 Å². The van der Waals surface area contributed by atoms with E-state index in [1.807, 2.05) is 32.9 Å². The Morgan fingerprint density at radius 2 is 1.73 bits per heavy atom. The van der Waals surface area contributed by atoms with Crippen LogP contribution in [-0.2, 0) is 20.8 Å². The van der Waals surface area contributed by atoms with Gasteiger partial charge in [-0.25, -0.2) is 9.18 Å². The number of fused-ring (bicyclic) bond motifs is 1. The predicted molar refractivity (Wildman–Crippen MR) is 97.8 cm³/mol. The highest BCUT2D eigenvalue weighted by atomic mass is 19.1. The number of carbonyl (C=O) groups is 2. The van der Waals surface area contributed by atoms with Gasteiger partial charge in [0, 0.05) is 6.42 Å². The zero-order valence-electron chi connectivity index (χ0n) is 15.2. The number of nitrogens with zero attached hydrogens (tertiary/aromatic N) is 1. The van der Waals surface area contributed by atoms with Crippen LogP contribution < -0.4 is 5.06 Å². The highest BCUT2D eigenvalue weighted by Crippen LogP contribution is 2.33. The van der Waals surface area contributed by atoms with E-state index in [0.717, 1.165) is 21.8 Å². The molecule has 2 aromatic carbocycles. The molecule has 0 fully saturated rings. The normalized spacial score (nSPS) is 14.2. The van der Waals surface area contributed by atoms with Crippen LogP contribution >= 0.6 is 0 Å². The topological polar surface area (TPSA) is 46.6 Å². The van der Waals surface area contributed by atoms with Crippen LogP contribution in [0.4, 0.5) is 10.1 Å². The molecule has 0 saturated heterocycles. The number of carbonyl (C=O) groups excluding carboxylic acids is 2. The second kappa shape index (κ2) is 6.90. The molecule has 1 amide bonds. The molecule has 4 nitrogen and oxygen atoms in total. The van der Waals surface area contributed by atoms with Gasteiger partial charge in [-0.3, -0.25) is 4.79 Å². The highest BCUT2D eigenvalue weighted by molar-refractivity contribution is 5.96. The molecular formula is C21H22FNO3. The van der Waals surface area contributed by atoms with E-state index < -0.39 is 5.97 Å². The van der Waals surface area contributed by atoms with Gasteiger partial charge in [0.2, 0.25) is 0 Å². The van der Waals surface area contributed by atoms with Crippen molar-refractivity contribution in [2.24, 2.45) is 5.41 Å². The van der Waals surface area contributed by atoms with Gasteiger partial charge in [-0.15, -0.1) is 5.06 Å². The first-order chi connectivity index (χ1) is 12.2. The average Bonchev–Trinajstić information content (AvgIpc) is 2.56. The molecule has 136 valence electrons. The van der Waals surface area contributed by atoms with E-state index >= 15 is 0 Å². The number of hydrogen-bond donors (Lipinski definition) is 0. The number of aryl methyl sites for hydroxylation is 1. The van der Waals surface area contributed by atoms with Gasteiger partial charge in [0.25, 0.3) is 5.91 Å². The van der Waals surface area contributed by atoms with Crippen LogP contribution in [0.5, 0.6) is 0 Å². The van der Waals surface area contributed by atoms with Gasteiger partial charge in [-0.1, -0.05) is 39.0 Å². The Balaban J connectivity index is 1.86. The molecule has 3 rings (SSSR count). The fourth-order valence-electron chi connectivity index (χ4n) is 2.95. The molecule has 0 spiro atoms. The van der Waals surface area contributed by atoms with Crippen molar-refractivity contribution in [2.45, 2.75) is 40.0 Å². The molecule has 0 unspecified atom stereocenters. The second-order valence-corrected chi connectivity index (χ2v) is 7.74. The minimum Gasteiger partial charge on any atom is -0.333 e. The molecule has 1 aliphatic rings. The molecule has 1 heterocycles. The Hall–Kier alpha value is -2.69. The summed E-state index contributed by atoms with van der Waals surface area (Å²) in [6, 6.07) is 11.8. The molecule has 1 aliphatic heterocycles. The Bertz CT molecular complexity index is 837. The third kappa shape index (κ3) is 4.10. The summed E-state index contributed by atoms with van der Waals surface area (Å²) in [5.74, 6) is -0.940. The number of amides is 1. The van der Waals surface area contributed by atoms with Crippen molar-refractivity contribution in [3.05, 3.63) is 53.8 Å². The average molecular weight is 355 g/mol. The van der Waals surface area contributed by atoms with Crippen LogP contribution in [0.25, 0.3) is 11.1 Å². The molecule has 0 radical (unpaired) electrons. The Morgan fingerprint density at radius 3 is 2.38 bits per heavy atom. The van der Waals surface area contributed by atoms with E-state index in [1.165, 1.54) is 12.1 Å². The summed E-state index contributed by atoms with van der Waals surface area (Å²) in [6.45, 7) is 5.82. The highest BCUT2D eigenvalue weighted by Gasteiger charge is 2.29. The number of benzene rings is 2. The lowest BCUT2D eigenvalue weighted by atomic mass is 9.92. The number of hydroxylamine groups is 1. The van der Waals surface area contributed by atoms with Crippen LogP contribution in [0, 0.1) is 11.2 Å². The minimum absolute atomic E-state index is 0.217. The smallest absolute Gasteiger partial charge is 0.333 e. The summed E-state index contributed by atoms with van der Waals surface area (Å²) < 4.78 is 13.1. The maximum absolute atomic E-state index is 13.1. The van der Waals surface area contributed by atoms with E-state index in [0.29, 0.717) is 12.1 Å². The summed E-state index contributed by atoms with van der Waals surface area (Å²) in [4.78, 5) is 29.8. The minimum atomic E-state index is -0.429. The van der Waals surface area contributed by atoms with Crippen LogP contribution in [0.1, 0.15) is 39.2 Å². The van der Waals surface area contributed by atoms with Crippen molar-refractivity contribution in [3.63, 3.8) is 0 Å². The molecule has 0 atom stereocenters. The van der Waals surface area contributed by atoms with Crippen LogP contribution in [0.2, 0.25) is 0 Å². The SMILES string of the molecule is CC(C)(C)CC(=O)ON1C(=O)CCc2cc(-c3ccc(F)cc3)ccc21. The first-order valence-corrected chi connectivity index (χ1v) is 8.65. The molecule has 0 saturated carbocycles. The van der Waals surface area contributed by atoms with Gasteiger partial charge >= 0.3 is 5.97 Å². The van der Waals surface area contributed by atoms with Crippen molar-refractivity contribution in [1.82, 2.24) is 0 Å². The summed E-state index contributed by atoms with van der Waals surface area (Å²) in [5, 5.41) is 1.11. The van der Waals surface area contributed by atoms with Gasteiger partial charge in [0.1, 0.15) is 5.82 Å². The zero-order chi connectivity index (χ0) is 18.9. The molecule has 0 aliphatic carbocycles. The lowest BCUT2D eigenvalue weighted by molar-refractivity contribution is -0.152. The van der Waals surface area contributed by atoms with Gasteiger partial charge in [0.05, 0.1) is 12.1 Å². The van der Waals surface area contributed by atoms with E-state index in [-0.39, 0.29) is 30.0 Å². The van der Waals surface area contributed by atoms with Gasteiger partial charge in [0.15, 0.2) is 0 Å². The first kappa shape index (κ1) is 18.1. The fourth-order valence-corrected chi connectivity index (χ4v) is 2.95. The van der Waals surface area contributed by atoms with Crippen LogP contribution in [-0.4, -0.2) is 11.9 Å². The number of halogens is 1. The lowest BCUT2D eigenvalue weighted by Crippen LogP contribution is -2.37. The molecule has 0 N–H and O–H groups in total. The van der Waals surface area contributed by atoms with Crippen LogP contribution in [0.15, 0.2) is 42.5 Å². The van der Waals surface area contributed by atoms with Crippen molar-refractivity contribution >= 4 is 17.6 Å². The Morgan fingerprint density at radius 1 is 1.08 bits per heavy atom. The summed E-state index contributed by atoms with van der Waals surface area (Å²) >= 11 is 0. The monoisotopic (exact) mass is 355 g/mol. The van der Waals surface area contributed by atoms with Gasteiger partial charge in [-0.05, 0) is 52.8 Å². The third-order valence-corrected chi connectivity index (χ3v) is 4.18. The third-order valence-electron chi connectivity index (χ3n) is 4.18. The van der Waals surface area contributed by atoms with E-state index in [2.05, 4.69) is 0 Å². The van der Waals surface area contributed by atoms with E-state index in [9.17, 15) is 14.0 Å². The zero-order valence-corrected chi connectivity index (χ0v) is 15.2. The maximum Gasteiger partial charge on any atom is 0.333 e. The predicted octanol–water partition coefficient (Wildman–Crippen LogP) is 4.67. The quantitative estimate of drug-likeness (QED) is 0.804.